The molecule has 0 aliphatic heterocycles. The van der Waals surface area contributed by atoms with Crippen molar-refractivity contribution in [3.05, 3.63) is 10.1 Å². The second-order valence-corrected chi connectivity index (χ2v) is 9.33. The summed E-state index contributed by atoms with van der Waals surface area (Å²) in [7, 11) is 0. The second kappa shape index (κ2) is 4.95. The van der Waals surface area contributed by atoms with Crippen molar-refractivity contribution in [3.63, 3.8) is 0 Å². The molecule has 0 aromatic carbocycles. The second-order valence-electron chi connectivity index (χ2n) is 9.33. The van der Waals surface area contributed by atoms with Gasteiger partial charge in [-0.15, -0.1) is 0 Å². The summed E-state index contributed by atoms with van der Waals surface area (Å²) in [6.07, 6.45) is 12.8. The molecule has 0 heterocycles. The molecule has 0 aromatic heterocycles. The number of hydrogen-bond donors (Lipinski definition) is 0. The molecule has 0 unspecified atom stereocenters. The first-order valence-electron chi connectivity index (χ1n) is 9.60. The van der Waals surface area contributed by atoms with Gasteiger partial charge in [0.15, 0.2) is 0 Å². The molecular weight excluding hydrogens is 274 g/mol. The van der Waals surface area contributed by atoms with Crippen molar-refractivity contribution in [2.45, 2.75) is 84.1 Å². The lowest BCUT2D eigenvalue weighted by molar-refractivity contribution is -0.540. The molecule has 0 aromatic rings. The lowest BCUT2D eigenvalue weighted by Gasteiger charge is -2.59. The Labute approximate surface area is 134 Å². The zero-order chi connectivity index (χ0) is 15.5. The average molecular weight is 305 g/mol. The van der Waals surface area contributed by atoms with Crippen LogP contribution >= 0.6 is 0 Å². The van der Waals surface area contributed by atoms with E-state index >= 15 is 0 Å². The molecule has 0 saturated heterocycles. The molecule has 4 rings (SSSR count). The van der Waals surface area contributed by atoms with E-state index in [1.165, 1.54) is 44.9 Å². The van der Waals surface area contributed by atoms with Gasteiger partial charge in [-0.1, -0.05) is 26.7 Å². The third-order valence-corrected chi connectivity index (χ3v) is 8.79. The van der Waals surface area contributed by atoms with Crippen LogP contribution in [0, 0.1) is 44.6 Å². The first kappa shape index (κ1) is 15.0. The lowest BCUT2D eigenvalue weighted by atomic mass is 9.45. The highest BCUT2D eigenvalue weighted by Crippen LogP contribution is 2.66. The van der Waals surface area contributed by atoms with Crippen molar-refractivity contribution >= 4 is 0 Å². The van der Waals surface area contributed by atoms with Crippen LogP contribution in [-0.2, 0) is 0 Å². The van der Waals surface area contributed by atoms with Crippen molar-refractivity contribution in [1.29, 1.82) is 0 Å². The van der Waals surface area contributed by atoms with Crippen LogP contribution in [0.5, 0.6) is 0 Å². The van der Waals surface area contributed by atoms with E-state index in [1.54, 1.807) is 0 Å². The molecule has 22 heavy (non-hydrogen) atoms. The first-order valence-corrected chi connectivity index (χ1v) is 9.60. The van der Waals surface area contributed by atoms with Crippen LogP contribution in [0.2, 0.25) is 0 Å². The van der Waals surface area contributed by atoms with Gasteiger partial charge in [0, 0.05) is 16.8 Å². The van der Waals surface area contributed by atoms with Gasteiger partial charge >= 0.3 is 0 Å². The number of nitro groups is 1. The molecule has 4 saturated carbocycles. The molecule has 0 spiro atoms. The highest BCUT2D eigenvalue weighted by molar-refractivity contribution is 5.09. The van der Waals surface area contributed by atoms with E-state index in [9.17, 15) is 10.1 Å². The Morgan fingerprint density at radius 2 is 1.64 bits per heavy atom. The van der Waals surface area contributed by atoms with Gasteiger partial charge < -0.3 is 0 Å². The van der Waals surface area contributed by atoms with Gasteiger partial charge in [-0.2, -0.15) is 0 Å². The Hall–Kier alpha value is -0.600. The largest absolute Gasteiger partial charge is 0.264 e. The van der Waals surface area contributed by atoms with E-state index in [0.717, 1.165) is 37.0 Å². The van der Waals surface area contributed by atoms with Crippen LogP contribution in [-0.4, -0.2) is 11.0 Å². The minimum Gasteiger partial charge on any atom is -0.264 e. The lowest BCUT2D eigenvalue weighted by Crippen LogP contribution is -2.54. The highest BCUT2D eigenvalue weighted by atomic mass is 16.6. The van der Waals surface area contributed by atoms with Gasteiger partial charge in [0.25, 0.3) is 0 Å². The van der Waals surface area contributed by atoms with Crippen molar-refractivity contribution < 1.29 is 4.92 Å². The Morgan fingerprint density at radius 3 is 2.41 bits per heavy atom. The Kier molecular flexibility index (Phi) is 3.36. The molecule has 0 radical (unpaired) electrons. The Bertz CT molecular complexity index is 478. The van der Waals surface area contributed by atoms with Gasteiger partial charge in [0.2, 0.25) is 6.04 Å². The zero-order valence-electron chi connectivity index (χ0n) is 14.2. The maximum Gasteiger partial charge on any atom is 0.218 e. The fourth-order valence-corrected chi connectivity index (χ4v) is 7.61. The van der Waals surface area contributed by atoms with E-state index in [4.69, 9.17) is 0 Å². The molecule has 124 valence electrons. The summed E-state index contributed by atoms with van der Waals surface area (Å²) >= 11 is 0. The standard InChI is InChI=1S/C19H31NO2/c1-18-11-4-3-5-13(18)6-7-14-15-8-9-17(20(21)22)19(15,2)12-10-16(14)18/h13-17H,3-12H2,1-2H3/t13-,14+,15+,16+,17+,18+,19+/m1/s1. The minimum absolute atomic E-state index is 0.0114. The van der Waals surface area contributed by atoms with Crippen molar-refractivity contribution in [2.75, 3.05) is 0 Å². The normalized spacial score (nSPS) is 54.2. The summed E-state index contributed by atoms with van der Waals surface area (Å²) in [4.78, 5) is 11.6. The predicted molar refractivity (Wildman–Crippen MR) is 87.1 cm³/mol. The van der Waals surface area contributed by atoms with Gasteiger partial charge in [-0.25, -0.2) is 0 Å². The summed E-state index contributed by atoms with van der Waals surface area (Å²) in [6.45, 7) is 4.83. The third kappa shape index (κ3) is 1.86. The fraction of sp³-hybridized carbons (Fsp3) is 1.00. The van der Waals surface area contributed by atoms with Gasteiger partial charge in [0.1, 0.15) is 0 Å². The van der Waals surface area contributed by atoms with Gasteiger partial charge in [-0.3, -0.25) is 10.1 Å². The number of fused-ring (bicyclic) bond motifs is 5. The molecule has 4 aliphatic carbocycles. The van der Waals surface area contributed by atoms with Crippen LogP contribution in [0.4, 0.5) is 0 Å². The maximum absolute atomic E-state index is 11.5. The van der Waals surface area contributed by atoms with Crippen molar-refractivity contribution in [2.24, 2.45) is 34.5 Å². The Balaban J connectivity index is 1.63. The van der Waals surface area contributed by atoms with Crippen LogP contribution < -0.4 is 0 Å². The summed E-state index contributed by atoms with van der Waals surface area (Å²) in [5, 5.41) is 11.5. The molecule has 7 atom stereocenters. The number of rotatable bonds is 1. The minimum atomic E-state index is -0.268. The first-order chi connectivity index (χ1) is 10.5. The molecule has 3 heteroatoms. The molecule has 0 bridgehead atoms. The quantitative estimate of drug-likeness (QED) is 0.501. The molecule has 0 N–H and O–H groups in total. The maximum atomic E-state index is 11.5. The molecule has 4 aliphatic rings. The van der Waals surface area contributed by atoms with Crippen molar-refractivity contribution in [1.82, 2.24) is 0 Å². The smallest absolute Gasteiger partial charge is 0.218 e. The van der Waals surface area contributed by atoms with Gasteiger partial charge in [-0.05, 0) is 74.0 Å². The Morgan fingerprint density at radius 1 is 0.864 bits per heavy atom. The number of hydrogen-bond acceptors (Lipinski definition) is 2. The topological polar surface area (TPSA) is 43.1 Å². The summed E-state index contributed by atoms with van der Waals surface area (Å²) < 4.78 is 0. The molecule has 4 fully saturated rings. The average Bonchev–Trinajstić information content (AvgIpc) is 2.84. The van der Waals surface area contributed by atoms with E-state index in [0.29, 0.717) is 11.3 Å². The molecular formula is C19H31NO2. The van der Waals surface area contributed by atoms with Crippen molar-refractivity contribution in [3.8, 4) is 0 Å². The summed E-state index contributed by atoms with van der Waals surface area (Å²) in [5.41, 5.74) is 0.539. The highest BCUT2D eigenvalue weighted by Gasteiger charge is 2.62. The molecule has 3 nitrogen and oxygen atoms in total. The summed E-state index contributed by atoms with van der Waals surface area (Å²) in [6, 6.07) is -0.268. The van der Waals surface area contributed by atoms with Gasteiger partial charge in [0.05, 0.1) is 0 Å². The monoisotopic (exact) mass is 305 g/mol. The van der Waals surface area contributed by atoms with Crippen LogP contribution in [0.3, 0.4) is 0 Å². The third-order valence-electron chi connectivity index (χ3n) is 8.79. The van der Waals surface area contributed by atoms with E-state index in [1.807, 2.05) is 0 Å². The SMILES string of the molecule is C[C@]12CCCC[C@@H]1CC[C@@H]1[C@@H]2CC[C@]2(C)[C@@H]([N+](=O)[O-])CC[C@@H]12. The van der Waals surface area contributed by atoms with Crippen LogP contribution in [0.25, 0.3) is 0 Å². The fourth-order valence-electron chi connectivity index (χ4n) is 7.61. The van der Waals surface area contributed by atoms with E-state index < -0.39 is 0 Å². The summed E-state index contributed by atoms with van der Waals surface area (Å²) in [5.74, 6) is 3.21. The van der Waals surface area contributed by atoms with Crippen LogP contribution in [0.15, 0.2) is 0 Å². The predicted octanol–water partition coefficient (Wildman–Crippen LogP) is 5.06. The number of nitrogens with zero attached hydrogens (tertiary/aromatic N) is 1. The molecule has 0 amide bonds. The van der Waals surface area contributed by atoms with E-state index in [-0.39, 0.29) is 16.4 Å². The zero-order valence-corrected chi connectivity index (χ0v) is 14.2. The van der Waals surface area contributed by atoms with E-state index in [2.05, 4.69) is 13.8 Å². The van der Waals surface area contributed by atoms with Crippen LogP contribution in [0.1, 0.15) is 78.1 Å².